The van der Waals surface area contributed by atoms with Gasteiger partial charge in [0.2, 0.25) is 0 Å². The first-order chi connectivity index (χ1) is 16.9. The SMILES string of the molecule is COC(=O)C[C@H]1CC[C@H]2[C@H](COc3ccc(NC(=O)Nc4cccc(C#N)c4)cc3C(=O)N2C)O1. The quantitative estimate of drug-likeness (QED) is 0.646. The second kappa shape index (κ2) is 10.4. The summed E-state index contributed by atoms with van der Waals surface area (Å²) in [7, 11) is 3.06. The molecule has 2 aromatic carbocycles. The van der Waals surface area contributed by atoms with Crippen LogP contribution in [0, 0.1) is 11.3 Å². The second-order valence-corrected chi connectivity index (χ2v) is 8.43. The van der Waals surface area contributed by atoms with Gasteiger partial charge >= 0.3 is 12.0 Å². The van der Waals surface area contributed by atoms with Crippen molar-refractivity contribution in [2.45, 2.75) is 37.5 Å². The molecule has 2 aliphatic heterocycles. The predicted octanol–water partition coefficient (Wildman–Crippen LogP) is 3.15. The highest BCUT2D eigenvalue weighted by atomic mass is 16.5. The second-order valence-electron chi connectivity index (χ2n) is 8.43. The Balaban J connectivity index is 1.47. The summed E-state index contributed by atoms with van der Waals surface area (Å²) >= 11 is 0. The third-order valence-corrected chi connectivity index (χ3v) is 6.14. The number of fused-ring (bicyclic) bond motifs is 2. The molecule has 0 aliphatic carbocycles. The highest BCUT2D eigenvalue weighted by Gasteiger charge is 2.39. The van der Waals surface area contributed by atoms with E-state index in [1.54, 1.807) is 54.4 Å². The van der Waals surface area contributed by atoms with Gasteiger partial charge in [0.25, 0.3) is 5.91 Å². The maximum atomic E-state index is 13.3. The van der Waals surface area contributed by atoms with E-state index in [2.05, 4.69) is 10.6 Å². The molecule has 0 radical (unpaired) electrons. The number of esters is 1. The van der Waals surface area contributed by atoms with Gasteiger partial charge in [-0.05, 0) is 49.2 Å². The van der Waals surface area contributed by atoms with Gasteiger partial charge in [0, 0.05) is 18.4 Å². The summed E-state index contributed by atoms with van der Waals surface area (Å²) in [5.74, 6) is -0.209. The maximum absolute atomic E-state index is 13.3. The number of urea groups is 1. The van der Waals surface area contributed by atoms with Crippen LogP contribution in [0.1, 0.15) is 35.2 Å². The standard InChI is InChI=1S/C25H26N4O6/c1-29-20-8-7-18(12-23(30)33-2)35-22(20)14-34-21-9-6-17(11-19(21)24(29)31)28-25(32)27-16-5-3-4-15(10-16)13-26/h3-6,9-11,18,20,22H,7-8,12,14H2,1-2H3,(H2,27,28,32)/t18-,20+,22+/m1/s1. The zero-order chi connectivity index (χ0) is 24.9. The van der Waals surface area contributed by atoms with Gasteiger partial charge < -0.3 is 29.7 Å². The number of carbonyl (C=O) groups excluding carboxylic acids is 3. The molecule has 35 heavy (non-hydrogen) atoms. The summed E-state index contributed by atoms with van der Waals surface area (Å²) in [6, 6.07) is 12.7. The molecule has 2 N–H and O–H groups in total. The molecule has 1 saturated heterocycles. The number of likely N-dealkylation sites (N-methyl/N-ethyl adjacent to an activating group) is 1. The molecule has 2 heterocycles. The van der Waals surface area contributed by atoms with Crippen LogP contribution in [0.25, 0.3) is 0 Å². The molecule has 0 unspecified atom stereocenters. The molecule has 2 aromatic rings. The number of nitrogens with one attached hydrogen (secondary N) is 2. The van der Waals surface area contributed by atoms with Crippen LogP contribution in [0.2, 0.25) is 0 Å². The number of amides is 3. The fraction of sp³-hybridized carbons (Fsp3) is 0.360. The van der Waals surface area contributed by atoms with E-state index in [9.17, 15) is 14.4 Å². The molecule has 1 fully saturated rings. The third-order valence-electron chi connectivity index (χ3n) is 6.14. The summed E-state index contributed by atoms with van der Waals surface area (Å²) in [6.45, 7) is 0.218. The first-order valence-corrected chi connectivity index (χ1v) is 11.2. The number of rotatable bonds is 4. The summed E-state index contributed by atoms with van der Waals surface area (Å²) in [5.41, 5.74) is 1.64. The molecule has 0 aromatic heterocycles. The highest BCUT2D eigenvalue weighted by Crippen LogP contribution is 2.32. The summed E-state index contributed by atoms with van der Waals surface area (Å²) < 4.78 is 16.7. The van der Waals surface area contributed by atoms with E-state index in [1.807, 2.05) is 6.07 Å². The van der Waals surface area contributed by atoms with Gasteiger partial charge in [0.15, 0.2) is 0 Å². The molecular formula is C25H26N4O6. The molecule has 10 heteroatoms. The van der Waals surface area contributed by atoms with Crippen LogP contribution in [0.5, 0.6) is 5.75 Å². The van der Waals surface area contributed by atoms with Gasteiger partial charge in [-0.25, -0.2) is 4.79 Å². The van der Waals surface area contributed by atoms with Crippen LogP contribution in [0.3, 0.4) is 0 Å². The minimum absolute atomic E-state index is 0.159. The summed E-state index contributed by atoms with van der Waals surface area (Å²) in [4.78, 5) is 39.0. The van der Waals surface area contributed by atoms with Crippen molar-refractivity contribution in [2.75, 3.05) is 31.4 Å². The monoisotopic (exact) mass is 478 g/mol. The smallest absolute Gasteiger partial charge is 0.323 e. The van der Waals surface area contributed by atoms with Crippen LogP contribution in [0.4, 0.5) is 16.2 Å². The topological polar surface area (TPSA) is 130 Å². The van der Waals surface area contributed by atoms with E-state index in [-0.39, 0.29) is 43.2 Å². The maximum Gasteiger partial charge on any atom is 0.323 e. The van der Waals surface area contributed by atoms with Crippen LogP contribution < -0.4 is 15.4 Å². The lowest BCUT2D eigenvalue weighted by atomic mass is 9.94. The highest BCUT2D eigenvalue weighted by molar-refractivity contribution is 6.02. The predicted molar refractivity (Wildman–Crippen MR) is 126 cm³/mol. The van der Waals surface area contributed by atoms with E-state index in [0.717, 1.165) is 0 Å². The molecule has 3 amide bonds. The Morgan fingerprint density at radius 1 is 1.17 bits per heavy atom. The number of nitrogens with zero attached hydrogens (tertiary/aromatic N) is 2. The Bertz CT molecular complexity index is 1180. The lowest BCUT2D eigenvalue weighted by molar-refractivity contribution is -0.151. The van der Waals surface area contributed by atoms with Crippen molar-refractivity contribution in [3.63, 3.8) is 0 Å². The molecule has 4 rings (SSSR count). The average Bonchev–Trinajstić information content (AvgIpc) is 2.86. The number of carbonyl (C=O) groups is 3. The van der Waals surface area contributed by atoms with Crippen molar-refractivity contribution in [1.82, 2.24) is 4.90 Å². The largest absolute Gasteiger partial charge is 0.490 e. The normalized spacial score (nSPS) is 21.2. The van der Waals surface area contributed by atoms with Gasteiger partial charge in [-0.15, -0.1) is 0 Å². The van der Waals surface area contributed by atoms with E-state index >= 15 is 0 Å². The summed E-state index contributed by atoms with van der Waals surface area (Å²) in [6.07, 6.45) is 0.776. The van der Waals surface area contributed by atoms with Crippen molar-refractivity contribution in [3.8, 4) is 11.8 Å². The number of benzene rings is 2. The van der Waals surface area contributed by atoms with Gasteiger partial charge in [-0.1, -0.05) is 6.07 Å². The van der Waals surface area contributed by atoms with Crippen molar-refractivity contribution in [2.24, 2.45) is 0 Å². The van der Waals surface area contributed by atoms with Crippen molar-refractivity contribution in [1.29, 1.82) is 5.26 Å². The number of anilines is 2. The third kappa shape index (κ3) is 5.53. The number of hydrogen-bond donors (Lipinski definition) is 2. The molecule has 0 bridgehead atoms. The Morgan fingerprint density at radius 3 is 2.69 bits per heavy atom. The average molecular weight is 479 g/mol. The van der Waals surface area contributed by atoms with E-state index in [4.69, 9.17) is 19.5 Å². The number of methoxy groups -OCH3 is 1. The van der Waals surface area contributed by atoms with Crippen LogP contribution in [-0.2, 0) is 14.3 Å². The fourth-order valence-electron chi connectivity index (χ4n) is 4.33. The van der Waals surface area contributed by atoms with E-state index in [0.29, 0.717) is 41.1 Å². The molecule has 2 aliphatic rings. The molecule has 182 valence electrons. The van der Waals surface area contributed by atoms with Crippen molar-refractivity contribution in [3.05, 3.63) is 53.6 Å². The fourth-order valence-corrected chi connectivity index (χ4v) is 4.33. The number of ether oxygens (including phenoxy) is 3. The van der Waals surface area contributed by atoms with Gasteiger partial charge in [-0.2, -0.15) is 5.26 Å². The number of nitriles is 1. The Kier molecular flexibility index (Phi) is 7.17. The summed E-state index contributed by atoms with van der Waals surface area (Å²) in [5, 5.41) is 14.4. The minimum atomic E-state index is -0.509. The molecule has 10 nitrogen and oxygen atoms in total. The van der Waals surface area contributed by atoms with Gasteiger partial charge in [-0.3, -0.25) is 9.59 Å². The lowest BCUT2D eigenvalue weighted by Crippen LogP contribution is -2.53. The van der Waals surface area contributed by atoms with Crippen molar-refractivity contribution >= 4 is 29.3 Å². The van der Waals surface area contributed by atoms with E-state index in [1.165, 1.54) is 7.11 Å². The van der Waals surface area contributed by atoms with Gasteiger partial charge in [0.05, 0.1) is 42.9 Å². The van der Waals surface area contributed by atoms with Crippen LogP contribution in [0.15, 0.2) is 42.5 Å². The number of hydrogen-bond acceptors (Lipinski definition) is 7. The first kappa shape index (κ1) is 24.0. The Labute approximate surface area is 202 Å². The minimum Gasteiger partial charge on any atom is -0.490 e. The Hall–Kier alpha value is -4.10. The lowest BCUT2D eigenvalue weighted by Gasteiger charge is -2.42. The Morgan fingerprint density at radius 2 is 1.94 bits per heavy atom. The molecular weight excluding hydrogens is 452 g/mol. The molecule has 3 atom stereocenters. The van der Waals surface area contributed by atoms with E-state index < -0.39 is 6.03 Å². The van der Waals surface area contributed by atoms with Crippen LogP contribution in [-0.4, -0.2) is 61.8 Å². The van der Waals surface area contributed by atoms with Crippen LogP contribution >= 0.6 is 0 Å². The molecule has 0 spiro atoms. The van der Waals surface area contributed by atoms with Gasteiger partial charge in [0.1, 0.15) is 18.5 Å². The first-order valence-electron chi connectivity index (χ1n) is 11.2. The zero-order valence-corrected chi connectivity index (χ0v) is 19.4. The van der Waals surface area contributed by atoms with Crippen molar-refractivity contribution < 1.29 is 28.6 Å². The zero-order valence-electron chi connectivity index (χ0n) is 19.4. The molecule has 0 saturated carbocycles.